The Morgan fingerprint density at radius 2 is 2.58 bits per heavy atom. The lowest BCUT2D eigenvalue weighted by Gasteiger charge is -2.08. The molecule has 1 aromatic heterocycles. The van der Waals surface area contributed by atoms with E-state index in [1.165, 1.54) is 4.79 Å². The van der Waals surface area contributed by atoms with Crippen molar-refractivity contribution in [2.24, 2.45) is 5.73 Å². The lowest BCUT2D eigenvalue weighted by molar-refractivity contribution is -0.138. The number of hydrogen-bond acceptors (Lipinski definition) is 4. The molecule has 0 aliphatic rings. The smallest absolute Gasteiger partial charge is 0.322 e. The summed E-state index contributed by atoms with van der Waals surface area (Å²) in [5, 5.41) is 12.2. The average Bonchev–Trinajstić information content (AvgIpc) is 2.51. The average molecular weight is 170 g/mol. The van der Waals surface area contributed by atoms with Crippen molar-refractivity contribution in [1.29, 1.82) is 0 Å². The van der Waals surface area contributed by atoms with Gasteiger partial charge in [-0.05, 0) is 6.07 Å². The Morgan fingerprint density at radius 1 is 1.83 bits per heavy atom. The molecule has 1 rings (SSSR count). The first-order chi connectivity index (χ1) is 5.70. The molecule has 1 aromatic rings. The van der Waals surface area contributed by atoms with E-state index in [9.17, 15) is 4.79 Å². The van der Waals surface area contributed by atoms with E-state index in [2.05, 4.69) is 10.5 Å². The summed E-state index contributed by atoms with van der Waals surface area (Å²) in [5.74, 6) is -1.03. The third-order valence-electron chi connectivity index (χ3n) is 1.29. The Hall–Kier alpha value is -1.56. The van der Waals surface area contributed by atoms with Crippen molar-refractivity contribution in [3.8, 4) is 0 Å². The molecule has 4 N–H and O–H groups in total. The van der Waals surface area contributed by atoms with E-state index in [0.29, 0.717) is 0 Å². The van der Waals surface area contributed by atoms with E-state index in [4.69, 9.17) is 10.8 Å². The fourth-order valence-corrected chi connectivity index (χ4v) is 0.642. The molecule has 0 bridgehead atoms. The predicted octanol–water partition coefficient (Wildman–Crippen LogP) is -1.16. The van der Waals surface area contributed by atoms with E-state index < -0.39 is 12.0 Å². The second kappa shape index (κ2) is 3.72. The van der Waals surface area contributed by atoms with Gasteiger partial charge >= 0.3 is 5.97 Å². The van der Waals surface area contributed by atoms with Crippen molar-refractivity contribution in [3.63, 3.8) is 0 Å². The van der Waals surface area contributed by atoms with Gasteiger partial charge in [0.05, 0.1) is 12.7 Å². The van der Waals surface area contributed by atoms with Crippen LogP contribution in [0.25, 0.3) is 0 Å². The van der Waals surface area contributed by atoms with E-state index >= 15 is 0 Å². The minimum Gasteiger partial charge on any atom is -0.480 e. The van der Waals surface area contributed by atoms with Gasteiger partial charge in [-0.15, -0.1) is 0 Å². The predicted molar refractivity (Wildman–Crippen MR) is 42.1 cm³/mol. The van der Waals surface area contributed by atoms with E-state index in [1.807, 2.05) is 0 Å². The minimum absolute atomic E-state index is 0.150. The van der Waals surface area contributed by atoms with Crippen LogP contribution in [0.15, 0.2) is 18.5 Å². The first-order valence-corrected chi connectivity index (χ1v) is 3.42. The summed E-state index contributed by atoms with van der Waals surface area (Å²) in [6.45, 7) is 0.150. The molecule has 0 saturated carbocycles. The zero-order valence-electron chi connectivity index (χ0n) is 6.34. The van der Waals surface area contributed by atoms with Gasteiger partial charge in [-0.2, -0.15) is 9.89 Å². The number of carboxylic acids is 1. The van der Waals surface area contributed by atoms with Crippen LogP contribution >= 0.6 is 0 Å². The number of hydrogen-bond donors (Lipinski definition) is 3. The number of rotatable bonds is 4. The van der Waals surface area contributed by atoms with Gasteiger partial charge in [0.2, 0.25) is 0 Å². The standard InChI is InChI=1S/C6H10N4O2/c7-5(6(11)12)4-9-10-3-1-2-8-10/h1-3,5,9H,4,7H2,(H,11,12). The summed E-state index contributed by atoms with van der Waals surface area (Å²) >= 11 is 0. The lowest BCUT2D eigenvalue weighted by atomic mass is 10.3. The third kappa shape index (κ3) is 2.24. The summed E-state index contributed by atoms with van der Waals surface area (Å²) in [4.78, 5) is 11.7. The summed E-state index contributed by atoms with van der Waals surface area (Å²) in [5.41, 5.74) is 7.94. The second-order valence-corrected chi connectivity index (χ2v) is 2.26. The number of nitrogens with two attached hydrogens (primary N) is 1. The van der Waals surface area contributed by atoms with Gasteiger partial charge < -0.3 is 16.3 Å². The maximum Gasteiger partial charge on any atom is 0.322 e. The molecule has 0 fully saturated rings. The summed E-state index contributed by atoms with van der Waals surface area (Å²) < 4.78 is 0. The van der Waals surface area contributed by atoms with Crippen molar-refractivity contribution in [2.45, 2.75) is 6.04 Å². The zero-order chi connectivity index (χ0) is 8.97. The van der Waals surface area contributed by atoms with Crippen LogP contribution in [-0.4, -0.2) is 33.6 Å². The van der Waals surface area contributed by atoms with Crippen LogP contribution in [0.2, 0.25) is 0 Å². The molecule has 0 saturated heterocycles. The lowest BCUT2D eigenvalue weighted by Crippen LogP contribution is -2.39. The highest BCUT2D eigenvalue weighted by Crippen LogP contribution is 1.81. The fourth-order valence-electron chi connectivity index (χ4n) is 0.642. The third-order valence-corrected chi connectivity index (χ3v) is 1.29. The topological polar surface area (TPSA) is 93.2 Å². The highest BCUT2D eigenvalue weighted by Gasteiger charge is 2.09. The minimum atomic E-state index is -1.03. The Bertz CT molecular complexity index is 246. The molecule has 0 aliphatic carbocycles. The summed E-state index contributed by atoms with van der Waals surface area (Å²) in [6, 6.07) is 0.813. The normalized spacial score (nSPS) is 12.4. The molecule has 1 unspecified atom stereocenters. The van der Waals surface area contributed by atoms with Crippen molar-refractivity contribution >= 4 is 5.97 Å². The van der Waals surface area contributed by atoms with Crippen molar-refractivity contribution in [1.82, 2.24) is 9.89 Å². The van der Waals surface area contributed by atoms with Crippen molar-refractivity contribution in [2.75, 3.05) is 12.0 Å². The SMILES string of the molecule is NC(CNn1cccn1)C(=O)O. The number of aromatic nitrogens is 2. The maximum atomic E-state index is 10.3. The molecule has 12 heavy (non-hydrogen) atoms. The molecule has 0 radical (unpaired) electrons. The van der Waals surface area contributed by atoms with Gasteiger partial charge in [0.15, 0.2) is 0 Å². The molecular weight excluding hydrogens is 160 g/mol. The molecule has 0 amide bonds. The molecule has 0 spiro atoms. The number of aliphatic carboxylic acids is 1. The Kier molecular flexibility index (Phi) is 2.65. The Balaban J connectivity index is 2.31. The monoisotopic (exact) mass is 170 g/mol. The van der Waals surface area contributed by atoms with Crippen LogP contribution in [0.5, 0.6) is 0 Å². The van der Waals surface area contributed by atoms with Crippen LogP contribution in [0.4, 0.5) is 0 Å². The van der Waals surface area contributed by atoms with Crippen LogP contribution in [-0.2, 0) is 4.79 Å². The quantitative estimate of drug-likeness (QED) is 0.530. The maximum absolute atomic E-state index is 10.3. The van der Waals surface area contributed by atoms with Crippen LogP contribution in [0, 0.1) is 0 Å². The van der Waals surface area contributed by atoms with Crippen LogP contribution in [0.3, 0.4) is 0 Å². The molecule has 6 nitrogen and oxygen atoms in total. The molecule has 1 heterocycles. The van der Waals surface area contributed by atoms with Crippen LogP contribution in [0.1, 0.15) is 0 Å². The van der Waals surface area contributed by atoms with Crippen LogP contribution < -0.4 is 11.2 Å². The second-order valence-electron chi connectivity index (χ2n) is 2.26. The largest absolute Gasteiger partial charge is 0.480 e. The summed E-state index contributed by atoms with van der Waals surface area (Å²) in [6.07, 6.45) is 3.24. The van der Waals surface area contributed by atoms with Gasteiger partial charge in [-0.3, -0.25) is 4.79 Å². The zero-order valence-corrected chi connectivity index (χ0v) is 6.34. The number of nitrogens with zero attached hydrogens (tertiary/aromatic N) is 2. The first kappa shape index (κ1) is 8.54. The molecule has 66 valence electrons. The molecular formula is C6H10N4O2. The fraction of sp³-hybridized carbons (Fsp3) is 0.333. The Labute approximate surface area is 68.9 Å². The van der Waals surface area contributed by atoms with Gasteiger partial charge in [0, 0.05) is 6.20 Å². The highest BCUT2D eigenvalue weighted by molar-refractivity contribution is 5.73. The molecule has 1 atom stereocenters. The molecule has 6 heteroatoms. The van der Waals surface area contributed by atoms with Crippen molar-refractivity contribution < 1.29 is 9.90 Å². The van der Waals surface area contributed by atoms with Gasteiger partial charge in [-0.1, -0.05) is 0 Å². The Morgan fingerprint density at radius 3 is 3.08 bits per heavy atom. The van der Waals surface area contributed by atoms with Gasteiger partial charge in [0.1, 0.15) is 6.04 Å². The molecule has 0 aromatic carbocycles. The van der Waals surface area contributed by atoms with Crippen molar-refractivity contribution in [3.05, 3.63) is 18.5 Å². The van der Waals surface area contributed by atoms with Gasteiger partial charge in [-0.25, -0.2) is 0 Å². The first-order valence-electron chi connectivity index (χ1n) is 3.42. The highest BCUT2D eigenvalue weighted by atomic mass is 16.4. The number of carboxylic acid groups (broad SMARTS) is 1. The van der Waals surface area contributed by atoms with Gasteiger partial charge in [0.25, 0.3) is 0 Å². The summed E-state index contributed by atoms with van der Waals surface area (Å²) in [7, 11) is 0. The number of nitrogens with one attached hydrogen (secondary N) is 1. The van der Waals surface area contributed by atoms with E-state index in [-0.39, 0.29) is 6.54 Å². The number of carbonyl (C=O) groups is 1. The molecule has 0 aliphatic heterocycles. The van der Waals surface area contributed by atoms with E-state index in [1.54, 1.807) is 18.5 Å². The van der Waals surface area contributed by atoms with E-state index in [0.717, 1.165) is 0 Å².